The third-order valence-corrected chi connectivity index (χ3v) is 2.45. The molecule has 0 saturated carbocycles. The van der Waals surface area contributed by atoms with Crippen molar-refractivity contribution in [1.82, 2.24) is 5.43 Å². The molecule has 0 heterocycles. The van der Waals surface area contributed by atoms with Crippen LogP contribution in [0.5, 0.6) is 0 Å². The first kappa shape index (κ1) is 13.3. The zero-order chi connectivity index (χ0) is 14.2. The molecule has 0 saturated heterocycles. The van der Waals surface area contributed by atoms with Crippen molar-refractivity contribution in [1.29, 1.82) is 5.26 Å². The number of para-hydroxylation sites is 1. The van der Waals surface area contributed by atoms with Gasteiger partial charge in [-0.3, -0.25) is 0 Å². The summed E-state index contributed by atoms with van der Waals surface area (Å²) in [6, 6.07) is 17.6. The van der Waals surface area contributed by atoms with Crippen molar-refractivity contribution in [3.63, 3.8) is 0 Å². The first-order valence-corrected chi connectivity index (χ1v) is 5.93. The van der Waals surface area contributed by atoms with Crippen LogP contribution in [-0.2, 0) is 0 Å². The van der Waals surface area contributed by atoms with Gasteiger partial charge in [0, 0.05) is 5.69 Å². The molecule has 0 unspecified atom stereocenters. The van der Waals surface area contributed by atoms with Crippen molar-refractivity contribution in [2.45, 2.75) is 0 Å². The molecule has 0 atom stereocenters. The van der Waals surface area contributed by atoms with E-state index in [9.17, 15) is 4.79 Å². The molecule has 2 aromatic carbocycles. The van der Waals surface area contributed by atoms with Gasteiger partial charge in [0.1, 0.15) is 0 Å². The highest BCUT2D eigenvalue weighted by atomic mass is 16.2. The molecule has 0 aliphatic carbocycles. The summed E-state index contributed by atoms with van der Waals surface area (Å²) in [5, 5.41) is 15.1. The van der Waals surface area contributed by atoms with Gasteiger partial charge in [-0.15, -0.1) is 0 Å². The molecular formula is C15H12N4O. The lowest BCUT2D eigenvalue weighted by molar-refractivity contribution is 0.252. The molecule has 0 fully saturated rings. The second-order valence-corrected chi connectivity index (χ2v) is 3.92. The number of carbonyl (C=O) groups is 1. The van der Waals surface area contributed by atoms with Gasteiger partial charge >= 0.3 is 6.03 Å². The summed E-state index contributed by atoms with van der Waals surface area (Å²) in [4.78, 5) is 11.5. The van der Waals surface area contributed by atoms with Crippen molar-refractivity contribution in [3.8, 4) is 6.07 Å². The van der Waals surface area contributed by atoms with E-state index in [0.29, 0.717) is 11.3 Å². The largest absolute Gasteiger partial charge is 0.339 e. The van der Waals surface area contributed by atoms with Crippen LogP contribution in [0.3, 0.4) is 0 Å². The Kier molecular flexibility index (Phi) is 4.46. The van der Waals surface area contributed by atoms with E-state index in [-0.39, 0.29) is 0 Å². The molecule has 0 aliphatic rings. The van der Waals surface area contributed by atoms with E-state index < -0.39 is 6.03 Å². The van der Waals surface area contributed by atoms with E-state index in [2.05, 4.69) is 15.8 Å². The highest BCUT2D eigenvalue weighted by Crippen LogP contribution is 2.04. The maximum absolute atomic E-state index is 11.5. The van der Waals surface area contributed by atoms with E-state index >= 15 is 0 Å². The van der Waals surface area contributed by atoms with Crippen LogP contribution in [0.4, 0.5) is 10.5 Å². The van der Waals surface area contributed by atoms with Crippen molar-refractivity contribution < 1.29 is 4.79 Å². The average Bonchev–Trinajstić information content (AvgIpc) is 2.49. The van der Waals surface area contributed by atoms with Gasteiger partial charge in [0.2, 0.25) is 0 Å². The number of nitrogens with zero attached hydrogens (tertiary/aromatic N) is 2. The monoisotopic (exact) mass is 264 g/mol. The van der Waals surface area contributed by atoms with Gasteiger partial charge in [0.25, 0.3) is 0 Å². The summed E-state index contributed by atoms with van der Waals surface area (Å²) in [6.45, 7) is 0. The van der Waals surface area contributed by atoms with E-state index in [0.717, 1.165) is 5.56 Å². The molecule has 2 N–H and O–H groups in total. The molecule has 0 bridgehead atoms. The lowest BCUT2D eigenvalue weighted by atomic mass is 10.2. The van der Waals surface area contributed by atoms with Crippen LogP contribution in [-0.4, -0.2) is 12.2 Å². The Morgan fingerprint density at radius 3 is 2.45 bits per heavy atom. The topological polar surface area (TPSA) is 77.3 Å². The Balaban J connectivity index is 1.86. The predicted molar refractivity (Wildman–Crippen MR) is 77.3 cm³/mol. The number of nitrogens with one attached hydrogen (secondary N) is 2. The number of nitriles is 1. The number of rotatable bonds is 3. The van der Waals surface area contributed by atoms with Gasteiger partial charge in [-0.1, -0.05) is 30.3 Å². The van der Waals surface area contributed by atoms with Crippen molar-refractivity contribution in [2.24, 2.45) is 5.10 Å². The number of carbonyl (C=O) groups excluding carboxylic acids is 1. The quantitative estimate of drug-likeness (QED) is 0.660. The molecule has 20 heavy (non-hydrogen) atoms. The first-order chi connectivity index (χ1) is 9.78. The smallest absolute Gasteiger partial charge is 0.307 e. The molecular weight excluding hydrogens is 252 g/mol. The standard InChI is InChI=1S/C15H12N4O/c16-10-12-6-8-13(9-7-12)11-17-19-15(20)18-14-4-2-1-3-5-14/h1-9,11H,(H2,18,19,20)/b17-11+. The van der Waals surface area contributed by atoms with Crippen LogP contribution >= 0.6 is 0 Å². The zero-order valence-corrected chi connectivity index (χ0v) is 10.6. The normalized spacial score (nSPS) is 9.95. The number of benzene rings is 2. The SMILES string of the molecule is N#Cc1ccc(/C=N/NC(=O)Nc2ccccc2)cc1. The summed E-state index contributed by atoms with van der Waals surface area (Å²) in [5.41, 5.74) is 4.43. The third kappa shape index (κ3) is 3.96. The highest BCUT2D eigenvalue weighted by Gasteiger charge is 1.98. The molecule has 2 aromatic rings. The van der Waals surface area contributed by atoms with Crippen LogP contribution in [0.2, 0.25) is 0 Å². The molecule has 5 nitrogen and oxygen atoms in total. The van der Waals surface area contributed by atoms with Gasteiger partial charge in [0.05, 0.1) is 17.8 Å². The maximum Gasteiger partial charge on any atom is 0.339 e. The molecule has 5 heteroatoms. The van der Waals surface area contributed by atoms with Gasteiger partial charge < -0.3 is 5.32 Å². The number of urea groups is 1. The van der Waals surface area contributed by atoms with Gasteiger partial charge in [-0.25, -0.2) is 10.2 Å². The van der Waals surface area contributed by atoms with Crippen molar-refractivity contribution in [2.75, 3.05) is 5.32 Å². The van der Waals surface area contributed by atoms with E-state index in [1.807, 2.05) is 24.3 Å². The zero-order valence-electron chi connectivity index (χ0n) is 10.6. The summed E-state index contributed by atoms with van der Waals surface area (Å²) < 4.78 is 0. The van der Waals surface area contributed by atoms with Crippen LogP contribution in [0.1, 0.15) is 11.1 Å². The van der Waals surface area contributed by atoms with E-state index in [1.165, 1.54) is 6.21 Å². The lowest BCUT2D eigenvalue weighted by Gasteiger charge is -2.03. The fraction of sp³-hybridized carbons (Fsp3) is 0. The van der Waals surface area contributed by atoms with Gasteiger partial charge in [0.15, 0.2) is 0 Å². The van der Waals surface area contributed by atoms with Crippen LogP contribution in [0, 0.1) is 11.3 Å². The molecule has 2 amide bonds. The maximum atomic E-state index is 11.5. The van der Waals surface area contributed by atoms with Crippen molar-refractivity contribution in [3.05, 3.63) is 65.7 Å². The van der Waals surface area contributed by atoms with Gasteiger partial charge in [-0.2, -0.15) is 10.4 Å². The van der Waals surface area contributed by atoms with Gasteiger partial charge in [-0.05, 0) is 29.8 Å². The van der Waals surface area contributed by atoms with Crippen molar-refractivity contribution >= 4 is 17.9 Å². The Morgan fingerprint density at radius 1 is 1.10 bits per heavy atom. The molecule has 0 aromatic heterocycles. The Hall–Kier alpha value is -3.13. The summed E-state index contributed by atoms with van der Waals surface area (Å²) in [5.74, 6) is 0. The lowest BCUT2D eigenvalue weighted by Crippen LogP contribution is -2.24. The first-order valence-electron chi connectivity index (χ1n) is 5.93. The molecule has 0 spiro atoms. The van der Waals surface area contributed by atoms with E-state index in [4.69, 9.17) is 5.26 Å². The molecule has 0 aliphatic heterocycles. The molecule has 98 valence electrons. The van der Waals surface area contributed by atoms with Crippen LogP contribution in [0.15, 0.2) is 59.7 Å². The Bertz CT molecular complexity index is 642. The minimum Gasteiger partial charge on any atom is -0.307 e. The van der Waals surface area contributed by atoms with Crippen LogP contribution < -0.4 is 10.7 Å². The Morgan fingerprint density at radius 2 is 1.80 bits per heavy atom. The van der Waals surface area contributed by atoms with E-state index in [1.54, 1.807) is 36.4 Å². The third-order valence-electron chi connectivity index (χ3n) is 2.45. The Labute approximate surface area is 116 Å². The van der Waals surface area contributed by atoms with Crippen LogP contribution in [0.25, 0.3) is 0 Å². The number of amides is 2. The fourth-order valence-corrected chi connectivity index (χ4v) is 1.49. The highest BCUT2D eigenvalue weighted by molar-refractivity contribution is 5.90. The average molecular weight is 264 g/mol. The summed E-state index contributed by atoms with van der Waals surface area (Å²) in [6.07, 6.45) is 1.51. The number of hydrazone groups is 1. The second-order valence-electron chi connectivity index (χ2n) is 3.92. The fourth-order valence-electron chi connectivity index (χ4n) is 1.49. The summed E-state index contributed by atoms with van der Waals surface area (Å²) >= 11 is 0. The molecule has 0 radical (unpaired) electrons. The minimum absolute atomic E-state index is 0.416. The number of hydrogen-bond acceptors (Lipinski definition) is 3. The minimum atomic E-state index is -0.416. The predicted octanol–water partition coefficient (Wildman–Crippen LogP) is 2.71. The molecule has 2 rings (SSSR count). The second kappa shape index (κ2) is 6.71. The summed E-state index contributed by atoms with van der Waals surface area (Å²) in [7, 11) is 0. The number of anilines is 1. The number of hydrogen-bond donors (Lipinski definition) is 2.